The number of aromatic nitrogens is 1. The number of rotatable bonds is 3. The van der Waals surface area contributed by atoms with Gasteiger partial charge in [0, 0.05) is 10.7 Å². The van der Waals surface area contributed by atoms with E-state index in [4.69, 9.17) is 39.2 Å². The Hall–Kier alpha value is -2.60. The highest BCUT2D eigenvalue weighted by molar-refractivity contribution is 6.37. The monoisotopic (exact) mass is 434 g/mol. The second-order valence-electron chi connectivity index (χ2n) is 5.90. The van der Waals surface area contributed by atoms with E-state index in [9.17, 15) is 9.18 Å². The average molecular weight is 436 g/mol. The lowest BCUT2D eigenvalue weighted by atomic mass is 10.2. The fraction of sp³-hybridized carbons (Fsp3) is 0. The highest BCUT2D eigenvalue weighted by Gasteiger charge is 2.15. The molecule has 0 aliphatic rings. The Morgan fingerprint density at radius 2 is 1.79 bits per heavy atom. The van der Waals surface area contributed by atoms with E-state index in [2.05, 4.69) is 10.3 Å². The Morgan fingerprint density at radius 3 is 2.54 bits per heavy atom. The fourth-order valence-corrected chi connectivity index (χ4v) is 3.40. The first-order valence-corrected chi connectivity index (χ1v) is 9.16. The number of oxazole rings is 1. The molecule has 0 saturated heterocycles. The molecule has 28 heavy (non-hydrogen) atoms. The summed E-state index contributed by atoms with van der Waals surface area (Å²) in [5.74, 6) is -0.578. The summed E-state index contributed by atoms with van der Waals surface area (Å²) in [7, 11) is 0. The van der Waals surface area contributed by atoms with Crippen molar-refractivity contribution in [1.82, 2.24) is 4.98 Å². The van der Waals surface area contributed by atoms with Crippen LogP contribution in [0, 0.1) is 5.82 Å². The summed E-state index contributed by atoms with van der Waals surface area (Å²) in [5.41, 5.74) is 2.28. The molecule has 0 aliphatic heterocycles. The van der Waals surface area contributed by atoms with Crippen LogP contribution in [-0.4, -0.2) is 10.9 Å². The van der Waals surface area contributed by atoms with E-state index in [1.165, 1.54) is 24.3 Å². The number of carbonyl (C=O) groups excluding carboxylic acids is 1. The molecule has 0 aliphatic carbocycles. The largest absolute Gasteiger partial charge is 0.436 e. The van der Waals surface area contributed by atoms with Crippen LogP contribution in [-0.2, 0) is 0 Å². The number of nitrogens with one attached hydrogen (secondary N) is 1. The molecule has 4 rings (SSSR count). The van der Waals surface area contributed by atoms with Crippen LogP contribution in [0.2, 0.25) is 15.1 Å². The van der Waals surface area contributed by atoms with E-state index in [1.54, 1.807) is 30.3 Å². The predicted octanol–water partition coefficient (Wildman–Crippen LogP) is 6.85. The van der Waals surface area contributed by atoms with Gasteiger partial charge >= 0.3 is 0 Å². The van der Waals surface area contributed by atoms with Crippen LogP contribution in [0.25, 0.3) is 22.6 Å². The highest BCUT2D eigenvalue weighted by atomic mass is 35.5. The van der Waals surface area contributed by atoms with Gasteiger partial charge < -0.3 is 9.73 Å². The van der Waals surface area contributed by atoms with Gasteiger partial charge in [-0.25, -0.2) is 9.37 Å². The lowest BCUT2D eigenvalue weighted by Crippen LogP contribution is -2.12. The van der Waals surface area contributed by atoms with Gasteiger partial charge in [0.15, 0.2) is 5.58 Å². The summed E-state index contributed by atoms with van der Waals surface area (Å²) >= 11 is 18.0. The molecule has 3 aromatic carbocycles. The first-order chi connectivity index (χ1) is 13.4. The van der Waals surface area contributed by atoms with Crippen LogP contribution < -0.4 is 5.32 Å². The van der Waals surface area contributed by atoms with E-state index < -0.39 is 5.82 Å². The van der Waals surface area contributed by atoms with Crippen molar-refractivity contribution in [1.29, 1.82) is 0 Å². The molecule has 0 saturated carbocycles. The molecule has 4 aromatic rings. The van der Waals surface area contributed by atoms with Crippen LogP contribution in [0.3, 0.4) is 0 Å². The van der Waals surface area contributed by atoms with Crippen molar-refractivity contribution in [3.8, 4) is 11.5 Å². The molecule has 8 heteroatoms. The minimum atomic E-state index is -0.448. The number of benzene rings is 3. The molecule has 1 N–H and O–H groups in total. The zero-order valence-electron chi connectivity index (χ0n) is 14.0. The van der Waals surface area contributed by atoms with Crippen molar-refractivity contribution in [2.45, 2.75) is 0 Å². The number of amides is 1. The number of hydrogen-bond acceptors (Lipinski definition) is 3. The quantitative estimate of drug-likeness (QED) is 0.383. The van der Waals surface area contributed by atoms with Gasteiger partial charge in [0.1, 0.15) is 11.3 Å². The number of anilines is 1. The smallest absolute Gasteiger partial charge is 0.257 e. The van der Waals surface area contributed by atoms with Crippen molar-refractivity contribution in [3.05, 3.63) is 81.0 Å². The first kappa shape index (κ1) is 18.7. The molecule has 0 bridgehead atoms. The minimum absolute atomic E-state index is 0.192. The van der Waals surface area contributed by atoms with Crippen molar-refractivity contribution in [2.75, 3.05) is 5.32 Å². The van der Waals surface area contributed by atoms with Gasteiger partial charge in [-0.3, -0.25) is 4.79 Å². The highest BCUT2D eigenvalue weighted by Crippen LogP contribution is 2.31. The van der Waals surface area contributed by atoms with Crippen molar-refractivity contribution >= 4 is 57.5 Å². The molecule has 4 nitrogen and oxygen atoms in total. The summed E-state index contributed by atoms with van der Waals surface area (Å²) in [6.07, 6.45) is 0. The first-order valence-electron chi connectivity index (χ1n) is 8.03. The Balaban J connectivity index is 1.64. The molecule has 0 atom stereocenters. The van der Waals surface area contributed by atoms with Crippen LogP contribution in [0.1, 0.15) is 10.4 Å². The Bertz CT molecular complexity index is 1220. The van der Waals surface area contributed by atoms with E-state index in [0.29, 0.717) is 32.9 Å². The van der Waals surface area contributed by atoms with Gasteiger partial charge in [-0.05, 0) is 54.6 Å². The molecule has 140 valence electrons. The molecule has 1 amide bonds. The van der Waals surface area contributed by atoms with E-state index >= 15 is 0 Å². The van der Waals surface area contributed by atoms with Crippen molar-refractivity contribution < 1.29 is 13.6 Å². The maximum absolute atomic E-state index is 13.2. The zero-order chi connectivity index (χ0) is 19.8. The minimum Gasteiger partial charge on any atom is -0.436 e. The molecule has 0 fully saturated rings. The van der Waals surface area contributed by atoms with Gasteiger partial charge in [0.2, 0.25) is 5.89 Å². The SMILES string of the molecule is O=C(Nc1ccc2oc(-c3ccc(F)cc3Cl)nc2c1)c1ccc(Cl)cc1Cl. The van der Waals surface area contributed by atoms with Crippen molar-refractivity contribution in [2.24, 2.45) is 0 Å². The zero-order valence-corrected chi connectivity index (χ0v) is 16.2. The Morgan fingerprint density at radius 1 is 0.964 bits per heavy atom. The maximum atomic E-state index is 13.2. The number of halogens is 4. The van der Waals surface area contributed by atoms with Crippen molar-refractivity contribution in [3.63, 3.8) is 0 Å². The Labute approximate surface area is 173 Å². The van der Waals surface area contributed by atoms with E-state index in [-0.39, 0.29) is 21.8 Å². The number of carbonyl (C=O) groups is 1. The second-order valence-corrected chi connectivity index (χ2v) is 7.15. The molecule has 0 unspecified atom stereocenters. The summed E-state index contributed by atoms with van der Waals surface area (Å²) in [5, 5.41) is 3.64. The number of fused-ring (bicyclic) bond motifs is 1. The maximum Gasteiger partial charge on any atom is 0.257 e. The summed E-state index contributed by atoms with van der Waals surface area (Å²) < 4.78 is 18.9. The third-order valence-corrected chi connectivity index (χ3v) is 4.84. The molecule has 0 radical (unpaired) electrons. The molecule has 1 heterocycles. The van der Waals surface area contributed by atoms with Gasteiger partial charge in [-0.1, -0.05) is 34.8 Å². The Kier molecular flexibility index (Phi) is 4.98. The molecular weight excluding hydrogens is 426 g/mol. The van der Waals surface area contributed by atoms with Crippen LogP contribution >= 0.6 is 34.8 Å². The summed E-state index contributed by atoms with van der Waals surface area (Å²) in [4.78, 5) is 16.8. The van der Waals surface area contributed by atoms with E-state index in [0.717, 1.165) is 0 Å². The molecule has 0 spiro atoms. The predicted molar refractivity (Wildman–Crippen MR) is 109 cm³/mol. The van der Waals surface area contributed by atoms with Gasteiger partial charge in [0.25, 0.3) is 5.91 Å². The van der Waals surface area contributed by atoms with Gasteiger partial charge in [0.05, 0.1) is 21.2 Å². The third-order valence-electron chi connectivity index (χ3n) is 3.98. The number of nitrogens with zero attached hydrogens (tertiary/aromatic N) is 1. The third kappa shape index (κ3) is 3.69. The molecule has 1 aromatic heterocycles. The number of hydrogen-bond donors (Lipinski definition) is 1. The standard InChI is InChI=1S/C20H10Cl3FN2O2/c21-10-1-4-13(15(22)7-10)19(27)25-12-3-6-18-17(9-12)26-20(28-18)14-5-2-11(24)8-16(14)23/h1-9H,(H,25,27). The normalized spacial score (nSPS) is 11.0. The van der Waals surface area contributed by atoms with Crippen LogP contribution in [0.15, 0.2) is 59.0 Å². The summed E-state index contributed by atoms with van der Waals surface area (Å²) in [6, 6.07) is 13.6. The second kappa shape index (κ2) is 7.43. The lowest BCUT2D eigenvalue weighted by molar-refractivity contribution is 0.102. The van der Waals surface area contributed by atoms with Crippen LogP contribution in [0.5, 0.6) is 0 Å². The van der Waals surface area contributed by atoms with Gasteiger partial charge in [-0.2, -0.15) is 0 Å². The van der Waals surface area contributed by atoms with Gasteiger partial charge in [-0.15, -0.1) is 0 Å². The molecular formula is C20H10Cl3FN2O2. The topological polar surface area (TPSA) is 55.1 Å². The van der Waals surface area contributed by atoms with E-state index in [1.807, 2.05) is 0 Å². The average Bonchev–Trinajstić information content (AvgIpc) is 3.04. The fourth-order valence-electron chi connectivity index (χ4n) is 2.66. The lowest BCUT2D eigenvalue weighted by Gasteiger charge is -2.06. The summed E-state index contributed by atoms with van der Waals surface area (Å²) in [6.45, 7) is 0. The van der Waals surface area contributed by atoms with Crippen LogP contribution in [0.4, 0.5) is 10.1 Å².